The zero-order valence-corrected chi connectivity index (χ0v) is 11.5. The Bertz CT molecular complexity index is 385. The molecule has 0 saturated carbocycles. The zero-order chi connectivity index (χ0) is 12.8. The summed E-state index contributed by atoms with van der Waals surface area (Å²) in [5, 5.41) is 0. The van der Waals surface area contributed by atoms with Crippen LogP contribution in [0.3, 0.4) is 0 Å². The molecule has 1 aromatic rings. The van der Waals surface area contributed by atoms with E-state index in [-0.39, 0.29) is 12.5 Å². The van der Waals surface area contributed by atoms with Crippen LogP contribution in [0.5, 0.6) is 5.75 Å². The number of amides is 1. The van der Waals surface area contributed by atoms with Crippen molar-refractivity contribution in [2.75, 3.05) is 26.0 Å². The number of hydrogen-bond donors (Lipinski definition) is 0. The molecular weight excluding hydrogens is 246 g/mol. The van der Waals surface area contributed by atoms with E-state index in [1.165, 1.54) is 11.3 Å². The highest BCUT2D eigenvalue weighted by atomic mass is 32.2. The first-order chi connectivity index (χ1) is 8.79. The summed E-state index contributed by atoms with van der Waals surface area (Å²) in [5.74, 6) is 0.863. The summed E-state index contributed by atoms with van der Waals surface area (Å²) in [6.45, 7) is 1.92. The molecule has 1 fully saturated rings. The Morgan fingerprint density at radius 3 is 2.50 bits per heavy atom. The molecule has 0 spiro atoms. The lowest BCUT2D eigenvalue weighted by Gasteiger charge is -2.26. The van der Waals surface area contributed by atoms with E-state index in [9.17, 15) is 4.79 Å². The second kappa shape index (κ2) is 6.69. The smallest absolute Gasteiger partial charge is 0.260 e. The first-order valence-corrected chi connectivity index (χ1v) is 7.57. The lowest BCUT2D eigenvalue weighted by atomic mass is 10.1. The number of carbonyl (C=O) groups is 1. The molecule has 1 amide bonds. The summed E-state index contributed by atoms with van der Waals surface area (Å²) in [4.78, 5) is 15.0. The highest BCUT2D eigenvalue weighted by Gasteiger charge is 2.16. The third kappa shape index (κ3) is 3.67. The number of piperidine rings is 1. The predicted molar refractivity (Wildman–Crippen MR) is 74.1 cm³/mol. The number of hydrogen-bond acceptors (Lipinski definition) is 3. The molecule has 1 aliphatic heterocycles. The maximum absolute atomic E-state index is 11.9. The number of thioether (sulfide) groups is 1. The molecule has 98 valence electrons. The van der Waals surface area contributed by atoms with E-state index >= 15 is 0 Å². The van der Waals surface area contributed by atoms with Crippen molar-refractivity contribution in [3.05, 3.63) is 24.3 Å². The van der Waals surface area contributed by atoms with Crippen molar-refractivity contribution in [2.45, 2.75) is 24.2 Å². The van der Waals surface area contributed by atoms with Crippen LogP contribution in [0.25, 0.3) is 0 Å². The van der Waals surface area contributed by atoms with Gasteiger partial charge in [0.15, 0.2) is 6.61 Å². The van der Waals surface area contributed by atoms with Crippen LogP contribution in [-0.2, 0) is 4.79 Å². The highest BCUT2D eigenvalue weighted by Crippen LogP contribution is 2.19. The number of benzene rings is 1. The van der Waals surface area contributed by atoms with E-state index in [1.54, 1.807) is 11.8 Å². The van der Waals surface area contributed by atoms with Crippen LogP contribution in [0.1, 0.15) is 19.3 Å². The number of carbonyl (C=O) groups excluding carboxylic acids is 1. The van der Waals surface area contributed by atoms with E-state index in [0.29, 0.717) is 0 Å². The first kappa shape index (κ1) is 13.3. The first-order valence-electron chi connectivity index (χ1n) is 6.34. The molecule has 1 aliphatic rings. The Hall–Kier alpha value is -1.16. The van der Waals surface area contributed by atoms with Crippen molar-refractivity contribution in [1.29, 1.82) is 0 Å². The summed E-state index contributed by atoms with van der Waals surface area (Å²) in [7, 11) is 0. The van der Waals surface area contributed by atoms with Crippen molar-refractivity contribution in [2.24, 2.45) is 0 Å². The standard InChI is InChI=1S/C14H19NO2S/c1-18-13-7-5-12(6-8-13)17-11-14(16)15-9-3-2-4-10-15/h5-8H,2-4,9-11H2,1H3. The molecule has 4 heteroatoms. The minimum absolute atomic E-state index is 0.101. The van der Waals surface area contributed by atoms with Gasteiger partial charge in [0, 0.05) is 18.0 Å². The molecular formula is C14H19NO2S. The van der Waals surface area contributed by atoms with Crippen LogP contribution in [0.4, 0.5) is 0 Å². The Balaban J connectivity index is 1.80. The van der Waals surface area contributed by atoms with Gasteiger partial charge in [-0.3, -0.25) is 4.79 Å². The molecule has 0 bridgehead atoms. The molecule has 0 aliphatic carbocycles. The summed E-state index contributed by atoms with van der Waals surface area (Å²) < 4.78 is 5.52. The minimum Gasteiger partial charge on any atom is -0.484 e. The number of rotatable bonds is 4. The van der Waals surface area contributed by atoms with Gasteiger partial charge in [-0.15, -0.1) is 11.8 Å². The van der Waals surface area contributed by atoms with Gasteiger partial charge in [0.05, 0.1) is 0 Å². The fourth-order valence-corrected chi connectivity index (χ4v) is 2.46. The van der Waals surface area contributed by atoms with Gasteiger partial charge in [-0.1, -0.05) is 0 Å². The third-order valence-corrected chi connectivity index (χ3v) is 3.87. The quantitative estimate of drug-likeness (QED) is 0.784. The van der Waals surface area contributed by atoms with Crippen LogP contribution < -0.4 is 4.74 Å². The van der Waals surface area contributed by atoms with E-state index in [2.05, 4.69) is 0 Å². The molecule has 2 rings (SSSR count). The van der Waals surface area contributed by atoms with Gasteiger partial charge in [-0.2, -0.15) is 0 Å². The molecule has 0 radical (unpaired) electrons. The molecule has 0 N–H and O–H groups in total. The second-order valence-corrected chi connectivity index (χ2v) is 5.29. The van der Waals surface area contributed by atoms with E-state index in [0.717, 1.165) is 31.7 Å². The molecule has 18 heavy (non-hydrogen) atoms. The van der Waals surface area contributed by atoms with E-state index in [4.69, 9.17) is 4.74 Å². The van der Waals surface area contributed by atoms with Gasteiger partial charge in [-0.05, 0) is 49.8 Å². The molecule has 0 unspecified atom stereocenters. The van der Waals surface area contributed by atoms with Gasteiger partial charge in [0.2, 0.25) is 0 Å². The maximum Gasteiger partial charge on any atom is 0.260 e. The van der Waals surface area contributed by atoms with Crippen LogP contribution >= 0.6 is 11.8 Å². The minimum atomic E-state index is 0.101. The fourth-order valence-electron chi connectivity index (χ4n) is 2.05. The highest BCUT2D eigenvalue weighted by molar-refractivity contribution is 7.98. The normalized spacial score (nSPS) is 15.5. The van der Waals surface area contributed by atoms with E-state index in [1.807, 2.05) is 35.4 Å². The third-order valence-electron chi connectivity index (χ3n) is 3.13. The number of nitrogens with zero attached hydrogens (tertiary/aromatic N) is 1. The molecule has 1 aromatic carbocycles. The Morgan fingerprint density at radius 1 is 1.22 bits per heavy atom. The fraction of sp³-hybridized carbons (Fsp3) is 0.500. The van der Waals surface area contributed by atoms with Crippen molar-refractivity contribution < 1.29 is 9.53 Å². The van der Waals surface area contributed by atoms with Crippen LogP contribution in [0.15, 0.2) is 29.2 Å². The predicted octanol–water partition coefficient (Wildman–Crippen LogP) is 2.80. The van der Waals surface area contributed by atoms with Crippen molar-refractivity contribution >= 4 is 17.7 Å². The van der Waals surface area contributed by atoms with Crippen LogP contribution in [0, 0.1) is 0 Å². The lowest BCUT2D eigenvalue weighted by molar-refractivity contribution is -0.134. The molecule has 1 heterocycles. The van der Waals surface area contributed by atoms with Crippen molar-refractivity contribution in [1.82, 2.24) is 4.90 Å². The Kier molecular flexibility index (Phi) is 4.93. The maximum atomic E-state index is 11.9. The molecule has 3 nitrogen and oxygen atoms in total. The lowest BCUT2D eigenvalue weighted by Crippen LogP contribution is -2.38. The van der Waals surface area contributed by atoms with E-state index < -0.39 is 0 Å². The van der Waals surface area contributed by atoms with Gasteiger partial charge in [0.25, 0.3) is 5.91 Å². The number of likely N-dealkylation sites (tertiary alicyclic amines) is 1. The largest absolute Gasteiger partial charge is 0.484 e. The second-order valence-electron chi connectivity index (χ2n) is 4.41. The van der Waals surface area contributed by atoms with Crippen LogP contribution in [0.2, 0.25) is 0 Å². The van der Waals surface area contributed by atoms with Gasteiger partial charge < -0.3 is 9.64 Å². The molecule has 1 saturated heterocycles. The molecule has 0 atom stereocenters. The van der Waals surface area contributed by atoms with Gasteiger partial charge in [-0.25, -0.2) is 0 Å². The van der Waals surface area contributed by atoms with Gasteiger partial charge in [0.1, 0.15) is 5.75 Å². The molecule has 0 aromatic heterocycles. The number of ether oxygens (including phenoxy) is 1. The Labute approximate surface area is 113 Å². The monoisotopic (exact) mass is 265 g/mol. The zero-order valence-electron chi connectivity index (χ0n) is 10.7. The summed E-state index contributed by atoms with van der Waals surface area (Å²) in [5.41, 5.74) is 0. The average molecular weight is 265 g/mol. The van der Waals surface area contributed by atoms with Crippen LogP contribution in [-0.4, -0.2) is 36.8 Å². The summed E-state index contributed by atoms with van der Waals surface area (Å²) in [6.07, 6.45) is 5.51. The SMILES string of the molecule is CSc1ccc(OCC(=O)N2CCCCC2)cc1. The topological polar surface area (TPSA) is 29.5 Å². The Morgan fingerprint density at radius 2 is 1.89 bits per heavy atom. The summed E-state index contributed by atoms with van der Waals surface area (Å²) >= 11 is 1.69. The summed E-state index contributed by atoms with van der Waals surface area (Å²) in [6, 6.07) is 7.83. The van der Waals surface area contributed by atoms with Gasteiger partial charge >= 0.3 is 0 Å². The van der Waals surface area contributed by atoms with Crippen molar-refractivity contribution in [3.8, 4) is 5.75 Å². The van der Waals surface area contributed by atoms with Crippen molar-refractivity contribution in [3.63, 3.8) is 0 Å². The average Bonchev–Trinajstić information content (AvgIpc) is 2.46.